The summed E-state index contributed by atoms with van der Waals surface area (Å²) in [6, 6.07) is 7.98. The maximum Gasteiger partial charge on any atom is 0.348 e. The maximum atomic E-state index is 14.1. The fourth-order valence-corrected chi connectivity index (χ4v) is 1.86. The number of hydrogen-bond acceptors (Lipinski definition) is 5. The van der Waals surface area contributed by atoms with Crippen LogP contribution >= 0.6 is 0 Å². The van der Waals surface area contributed by atoms with Gasteiger partial charge in [-0.15, -0.1) is 0 Å². The van der Waals surface area contributed by atoms with Gasteiger partial charge < -0.3 is 14.6 Å². The summed E-state index contributed by atoms with van der Waals surface area (Å²) < 4.78 is 23.7. The number of carbonyl (C=O) groups excluding carboxylic acids is 2. The van der Waals surface area contributed by atoms with E-state index in [1.807, 2.05) is 0 Å². The quantitative estimate of drug-likeness (QED) is 0.823. The lowest BCUT2D eigenvalue weighted by atomic mass is 10.0. The van der Waals surface area contributed by atoms with Crippen molar-refractivity contribution in [3.05, 3.63) is 35.9 Å². The first-order valence-corrected chi connectivity index (χ1v) is 5.73. The van der Waals surface area contributed by atoms with E-state index in [-0.39, 0.29) is 5.56 Å². The van der Waals surface area contributed by atoms with Gasteiger partial charge in [-0.25, -0.2) is 14.0 Å². The van der Waals surface area contributed by atoms with Crippen molar-refractivity contribution < 1.29 is 28.6 Å². The average molecular weight is 268 g/mol. The fraction of sp³-hybridized carbons (Fsp3) is 0.385. The lowest BCUT2D eigenvalue weighted by Crippen LogP contribution is -2.43. The molecule has 1 saturated heterocycles. The highest BCUT2D eigenvalue weighted by molar-refractivity contribution is 5.90. The van der Waals surface area contributed by atoms with E-state index >= 15 is 0 Å². The van der Waals surface area contributed by atoms with Gasteiger partial charge in [0.15, 0.2) is 12.2 Å². The monoisotopic (exact) mass is 268 g/mol. The molecule has 0 aliphatic carbocycles. The largest absolute Gasteiger partial charge is 0.453 e. The molecule has 5 nitrogen and oxygen atoms in total. The molecule has 0 radical (unpaired) electrons. The zero-order chi connectivity index (χ0) is 14.0. The number of halogens is 1. The molecule has 2 rings (SSSR count). The van der Waals surface area contributed by atoms with Crippen LogP contribution in [0, 0.1) is 0 Å². The summed E-state index contributed by atoms with van der Waals surface area (Å²) in [5.41, 5.74) is -2.23. The van der Waals surface area contributed by atoms with Gasteiger partial charge >= 0.3 is 11.9 Å². The molecule has 0 saturated carbocycles. The molecular weight excluding hydrogens is 255 g/mol. The number of ether oxygens (including phenoxy) is 2. The van der Waals surface area contributed by atoms with Crippen molar-refractivity contribution in [2.75, 3.05) is 6.61 Å². The van der Waals surface area contributed by atoms with Crippen LogP contribution in [0.15, 0.2) is 30.3 Å². The van der Waals surface area contributed by atoms with Crippen molar-refractivity contribution in [2.45, 2.75) is 24.8 Å². The highest BCUT2D eigenvalue weighted by Crippen LogP contribution is 2.32. The van der Waals surface area contributed by atoms with Crippen molar-refractivity contribution in [2.24, 2.45) is 0 Å². The van der Waals surface area contributed by atoms with Crippen molar-refractivity contribution in [3.8, 4) is 0 Å². The molecule has 1 N–H and O–H groups in total. The predicted octanol–water partition coefficient (Wildman–Crippen LogP) is 0.858. The highest BCUT2D eigenvalue weighted by atomic mass is 19.1. The van der Waals surface area contributed by atoms with E-state index in [1.165, 1.54) is 12.1 Å². The van der Waals surface area contributed by atoms with Crippen LogP contribution in [0.25, 0.3) is 0 Å². The fourth-order valence-electron chi connectivity index (χ4n) is 1.86. The Morgan fingerprint density at radius 2 is 2.11 bits per heavy atom. The third-order valence-electron chi connectivity index (χ3n) is 2.95. The third-order valence-corrected chi connectivity index (χ3v) is 2.95. The Morgan fingerprint density at radius 1 is 1.47 bits per heavy atom. The first-order chi connectivity index (χ1) is 8.96. The van der Waals surface area contributed by atoms with E-state index < -0.39 is 36.4 Å². The van der Waals surface area contributed by atoms with Crippen molar-refractivity contribution in [1.29, 1.82) is 0 Å². The number of cyclic esters (lactones) is 1. The van der Waals surface area contributed by atoms with Gasteiger partial charge in [-0.3, -0.25) is 0 Å². The van der Waals surface area contributed by atoms with Crippen LogP contribution in [-0.2, 0) is 14.3 Å². The normalized spacial score (nSPS) is 29.9. The molecule has 1 aliphatic heterocycles. The minimum Gasteiger partial charge on any atom is -0.453 e. The Hall–Kier alpha value is -1.95. The van der Waals surface area contributed by atoms with Gasteiger partial charge in [0, 0.05) is 0 Å². The van der Waals surface area contributed by atoms with E-state index in [9.17, 15) is 14.0 Å². The minimum absolute atomic E-state index is 0.231. The Morgan fingerprint density at radius 3 is 2.68 bits per heavy atom. The van der Waals surface area contributed by atoms with Crippen LogP contribution in [-0.4, -0.2) is 41.5 Å². The van der Waals surface area contributed by atoms with Crippen molar-refractivity contribution in [3.63, 3.8) is 0 Å². The standard InChI is InChI=1S/C13H13FO5/c1-13(14)10(9(7-15)18-12(13)17)19-11(16)8-5-3-2-4-6-8/h2-6,9-10,15H,7H2,1H3/t9-,10?,13-/m1/s1. The molecule has 0 spiro atoms. The molecule has 0 aromatic heterocycles. The zero-order valence-electron chi connectivity index (χ0n) is 10.2. The number of alkyl halides is 1. The average Bonchev–Trinajstić information content (AvgIpc) is 2.63. The number of esters is 2. The van der Waals surface area contributed by atoms with Gasteiger partial charge in [-0.2, -0.15) is 0 Å². The topological polar surface area (TPSA) is 72.8 Å². The summed E-state index contributed by atoms with van der Waals surface area (Å²) in [7, 11) is 0. The lowest BCUT2D eigenvalue weighted by molar-refractivity contribution is -0.150. The molecule has 1 fully saturated rings. The van der Waals surface area contributed by atoms with E-state index in [0.29, 0.717) is 0 Å². The van der Waals surface area contributed by atoms with Crippen LogP contribution in [0.5, 0.6) is 0 Å². The van der Waals surface area contributed by atoms with E-state index in [0.717, 1.165) is 6.92 Å². The molecule has 1 aromatic carbocycles. The molecule has 6 heteroatoms. The lowest BCUT2D eigenvalue weighted by Gasteiger charge is -2.21. The number of carbonyl (C=O) groups is 2. The Labute approximate surface area is 108 Å². The van der Waals surface area contributed by atoms with Crippen LogP contribution < -0.4 is 0 Å². The van der Waals surface area contributed by atoms with E-state index in [4.69, 9.17) is 9.84 Å². The molecule has 3 atom stereocenters. The molecule has 0 amide bonds. The summed E-state index contributed by atoms with van der Waals surface area (Å²) in [5.74, 6) is -1.91. The van der Waals surface area contributed by atoms with Crippen LogP contribution in [0.2, 0.25) is 0 Å². The second-order valence-corrected chi connectivity index (χ2v) is 4.39. The van der Waals surface area contributed by atoms with Gasteiger partial charge in [0.25, 0.3) is 0 Å². The molecule has 1 aromatic rings. The first-order valence-electron chi connectivity index (χ1n) is 5.73. The molecular formula is C13H13FO5. The number of aliphatic hydroxyl groups excluding tert-OH is 1. The molecule has 19 heavy (non-hydrogen) atoms. The summed E-state index contributed by atoms with van der Waals surface area (Å²) in [6.07, 6.45) is -2.65. The minimum atomic E-state index is -2.46. The number of hydrogen-bond donors (Lipinski definition) is 1. The van der Waals surface area contributed by atoms with Gasteiger partial charge in [-0.1, -0.05) is 18.2 Å². The Bertz CT molecular complexity index is 485. The van der Waals surface area contributed by atoms with Crippen LogP contribution in [0.4, 0.5) is 4.39 Å². The summed E-state index contributed by atoms with van der Waals surface area (Å²) in [5, 5.41) is 9.03. The number of benzene rings is 1. The summed E-state index contributed by atoms with van der Waals surface area (Å²) >= 11 is 0. The van der Waals surface area contributed by atoms with Crippen molar-refractivity contribution in [1.82, 2.24) is 0 Å². The predicted molar refractivity (Wildman–Crippen MR) is 62.1 cm³/mol. The van der Waals surface area contributed by atoms with Crippen LogP contribution in [0.1, 0.15) is 17.3 Å². The number of aliphatic hydroxyl groups is 1. The SMILES string of the molecule is C[C@]1(F)C(=O)O[C@H](CO)C1OC(=O)c1ccccc1. The second-order valence-electron chi connectivity index (χ2n) is 4.39. The van der Waals surface area contributed by atoms with Crippen molar-refractivity contribution >= 4 is 11.9 Å². The first kappa shape index (κ1) is 13.5. The summed E-state index contributed by atoms with van der Waals surface area (Å²) in [6.45, 7) is 0.353. The molecule has 1 heterocycles. The zero-order valence-corrected chi connectivity index (χ0v) is 10.2. The van der Waals surface area contributed by atoms with Crippen LogP contribution in [0.3, 0.4) is 0 Å². The second kappa shape index (κ2) is 4.97. The highest BCUT2D eigenvalue weighted by Gasteiger charge is 2.57. The Kier molecular flexibility index (Phi) is 3.53. The molecule has 1 unspecified atom stereocenters. The van der Waals surface area contributed by atoms with E-state index in [1.54, 1.807) is 18.2 Å². The smallest absolute Gasteiger partial charge is 0.348 e. The van der Waals surface area contributed by atoms with Gasteiger partial charge in [0.05, 0.1) is 12.2 Å². The molecule has 102 valence electrons. The summed E-state index contributed by atoms with van der Waals surface area (Å²) in [4.78, 5) is 23.1. The third kappa shape index (κ3) is 2.44. The molecule has 0 bridgehead atoms. The Balaban J connectivity index is 2.17. The maximum absolute atomic E-state index is 14.1. The molecule has 1 aliphatic rings. The van der Waals surface area contributed by atoms with Gasteiger partial charge in [-0.05, 0) is 19.1 Å². The van der Waals surface area contributed by atoms with Gasteiger partial charge in [0.1, 0.15) is 0 Å². The van der Waals surface area contributed by atoms with E-state index in [2.05, 4.69) is 4.74 Å². The van der Waals surface area contributed by atoms with Gasteiger partial charge in [0.2, 0.25) is 5.67 Å². The number of rotatable bonds is 3.